The second-order valence-corrected chi connectivity index (χ2v) is 11.2. The molecule has 0 radical (unpaired) electrons. The van der Waals surface area contributed by atoms with Gasteiger partial charge in [-0.3, -0.25) is 13.9 Å². The molecule has 0 aliphatic carbocycles. The lowest BCUT2D eigenvalue weighted by atomic mass is 10.0. The molecule has 0 saturated heterocycles. The molecule has 1 amide bonds. The highest BCUT2D eigenvalue weighted by Gasteiger charge is 2.29. The van der Waals surface area contributed by atoms with E-state index < -0.39 is 22.5 Å². The van der Waals surface area contributed by atoms with E-state index in [2.05, 4.69) is 5.32 Å². The number of sulfonamides is 1. The smallest absolute Gasteiger partial charge is 0.264 e. The quantitative estimate of drug-likeness (QED) is 0.222. The second-order valence-electron chi connectivity index (χ2n) is 8.44. The summed E-state index contributed by atoms with van der Waals surface area (Å²) in [5.41, 5.74) is 0.945. The second kappa shape index (κ2) is 12.4. The van der Waals surface area contributed by atoms with E-state index in [1.807, 2.05) is 0 Å². The molecule has 40 heavy (non-hydrogen) atoms. The number of ether oxygens (including phenoxy) is 2. The highest BCUT2D eigenvalue weighted by atomic mass is 35.5. The van der Waals surface area contributed by atoms with Crippen molar-refractivity contribution in [1.29, 1.82) is 0 Å². The summed E-state index contributed by atoms with van der Waals surface area (Å²) < 4.78 is 39.1. The van der Waals surface area contributed by atoms with Gasteiger partial charge in [0, 0.05) is 27.2 Å². The molecule has 11 heteroatoms. The van der Waals surface area contributed by atoms with Crippen molar-refractivity contribution in [3.05, 3.63) is 112 Å². The number of ketones is 1. The number of nitrogens with one attached hydrogen (secondary N) is 1. The average Bonchev–Trinajstić information content (AvgIpc) is 2.97. The molecule has 0 aliphatic heterocycles. The van der Waals surface area contributed by atoms with Gasteiger partial charge in [-0.15, -0.1) is 0 Å². The van der Waals surface area contributed by atoms with E-state index in [9.17, 15) is 18.0 Å². The third-order valence-electron chi connectivity index (χ3n) is 5.88. The fourth-order valence-electron chi connectivity index (χ4n) is 3.91. The largest absolute Gasteiger partial charge is 0.493 e. The molecule has 4 rings (SSSR count). The Labute approximate surface area is 242 Å². The van der Waals surface area contributed by atoms with Crippen LogP contribution in [0.3, 0.4) is 0 Å². The highest BCUT2D eigenvalue weighted by molar-refractivity contribution is 7.92. The van der Waals surface area contributed by atoms with Crippen LogP contribution in [-0.2, 0) is 14.8 Å². The summed E-state index contributed by atoms with van der Waals surface area (Å²) in [5, 5.41) is 3.36. The number of hydrogen-bond acceptors (Lipinski definition) is 6. The van der Waals surface area contributed by atoms with Crippen molar-refractivity contribution in [2.75, 3.05) is 30.4 Å². The van der Waals surface area contributed by atoms with Crippen LogP contribution in [-0.4, -0.2) is 40.9 Å². The van der Waals surface area contributed by atoms with Crippen molar-refractivity contribution in [2.24, 2.45) is 0 Å². The number of hydrogen-bond donors (Lipinski definition) is 1. The van der Waals surface area contributed by atoms with Gasteiger partial charge in [-0.25, -0.2) is 8.42 Å². The number of halogens is 2. The summed E-state index contributed by atoms with van der Waals surface area (Å²) in [5.74, 6) is -0.501. The van der Waals surface area contributed by atoms with E-state index in [4.69, 9.17) is 32.7 Å². The molecule has 206 valence electrons. The molecule has 0 aliphatic rings. The molecule has 0 fully saturated rings. The lowest BCUT2D eigenvalue weighted by Crippen LogP contribution is -2.38. The maximum atomic E-state index is 13.8. The molecule has 0 spiro atoms. The van der Waals surface area contributed by atoms with Gasteiger partial charge < -0.3 is 14.8 Å². The van der Waals surface area contributed by atoms with Crippen LogP contribution in [0.5, 0.6) is 11.5 Å². The van der Waals surface area contributed by atoms with Crippen molar-refractivity contribution in [2.45, 2.75) is 4.90 Å². The molecule has 0 saturated carbocycles. The van der Waals surface area contributed by atoms with E-state index in [1.165, 1.54) is 74.9 Å². The zero-order valence-electron chi connectivity index (χ0n) is 21.4. The SMILES string of the molecule is COc1ccc(S(=O)(=O)N(CC(=O)Nc2ccc(Cl)cc2C(=O)c2ccccc2)c2ccc(Cl)cc2)cc1OC. The molecule has 0 atom stereocenters. The number of rotatable bonds is 10. The van der Waals surface area contributed by atoms with E-state index in [0.717, 1.165) is 4.31 Å². The Morgan fingerprint density at radius 1 is 0.800 bits per heavy atom. The molecule has 0 aromatic heterocycles. The predicted octanol–water partition coefficient (Wildman–Crippen LogP) is 6.08. The molecule has 0 bridgehead atoms. The van der Waals surface area contributed by atoms with Crippen LogP contribution in [0.2, 0.25) is 10.0 Å². The minimum atomic E-state index is -4.28. The minimum Gasteiger partial charge on any atom is -0.493 e. The number of carbonyl (C=O) groups is 2. The first kappa shape index (κ1) is 28.9. The summed E-state index contributed by atoms with van der Waals surface area (Å²) in [6.07, 6.45) is 0. The molecular formula is C29H24Cl2N2O6S. The van der Waals surface area contributed by atoms with Gasteiger partial charge in [-0.1, -0.05) is 53.5 Å². The lowest BCUT2D eigenvalue weighted by Gasteiger charge is -2.25. The van der Waals surface area contributed by atoms with Crippen LogP contribution >= 0.6 is 23.2 Å². The number of amides is 1. The summed E-state index contributed by atoms with van der Waals surface area (Å²) in [4.78, 5) is 26.4. The Morgan fingerprint density at radius 3 is 2.10 bits per heavy atom. The van der Waals surface area contributed by atoms with Gasteiger partial charge in [0.05, 0.1) is 30.5 Å². The van der Waals surface area contributed by atoms with E-state index in [0.29, 0.717) is 21.4 Å². The van der Waals surface area contributed by atoms with E-state index >= 15 is 0 Å². The van der Waals surface area contributed by atoms with Crippen LogP contribution in [0.1, 0.15) is 15.9 Å². The minimum absolute atomic E-state index is 0.126. The van der Waals surface area contributed by atoms with E-state index in [-0.39, 0.29) is 33.4 Å². The van der Waals surface area contributed by atoms with E-state index in [1.54, 1.807) is 30.3 Å². The summed E-state index contributed by atoms with van der Waals surface area (Å²) >= 11 is 12.2. The number of anilines is 2. The number of nitrogens with zero attached hydrogens (tertiary/aromatic N) is 1. The van der Waals surface area contributed by atoms with Gasteiger partial charge in [0.15, 0.2) is 17.3 Å². The first-order valence-electron chi connectivity index (χ1n) is 11.8. The first-order valence-corrected chi connectivity index (χ1v) is 14.0. The fraction of sp³-hybridized carbons (Fsp3) is 0.103. The molecule has 4 aromatic carbocycles. The average molecular weight is 599 g/mol. The number of benzene rings is 4. The summed E-state index contributed by atoms with van der Waals surface area (Å²) in [7, 11) is -1.46. The van der Waals surface area contributed by atoms with Crippen LogP contribution in [0, 0.1) is 0 Å². The molecule has 4 aromatic rings. The monoisotopic (exact) mass is 598 g/mol. The molecule has 0 unspecified atom stereocenters. The number of methoxy groups -OCH3 is 2. The zero-order chi connectivity index (χ0) is 28.9. The van der Waals surface area contributed by atoms with Gasteiger partial charge in [0.25, 0.3) is 10.0 Å². The first-order chi connectivity index (χ1) is 19.1. The van der Waals surface area contributed by atoms with Crippen LogP contribution in [0.15, 0.2) is 95.9 Å². The van der Waals surface area contributed by atoms with Crippen molar-refractivity contribution in [1.82, 2.24) is 0 Å². The van der Waals surface area contributed by atoms with Gasteiger partial charge in [0.1, 0.15) is 6.54 Å². The Bertz CT molecular complexity index is 1650. The fourth-order valence-corrected chi connectivity index (χ4v) is 5.64. The summed E-state index contributed by atoms with van der Waals surface area (Å²) in [6, 6.07) is 23.1. The van der Waals surface area contributed by atoms with Crippen LogP contribution < -0.4 is 19.1 Å². The van der Waals surface area contributed by atoms with Gasteiger partial charge in [-0.05, 0) is 54.6 Å². The van der Waals surface area contributed by atoms with Crippen LogP contribution in [0.25, 0.3) is 0 Å². The Morgan fingerprint density at radius 2 is 1.45 bits per heavy atom. The third-order valence-corrected chi connectivity index (χ3v) is 8.14. The van der Waals surface area contributed by atoms with Crippen molar-refractivity contribution in [3.8, 4) is 11.5 Å². The van der Waals surface area contributed by atoms with Gasteiger partial charge in [-0.2, -0.15) is 0 Å². The Balaban J connectivity index is 1.69. The van der Waals surface area contributed by atoms with Gasteiger partial charge >= 0.3 is 0 Å². The maximum absolute atomic E-state index is 13.8. The van der Waals surface area contributed by atoms with Crippen molar-refractivity contribution in [3.63, 3.8) is 0 Å². The van der Waals surface area contributed by atoms with Crippen LogP contribution in [0.4, 0.5) is 11.4 Å². The zero-order valence-corrected chi connectivity index (χ0v) is 23.8. The Hall–Kier alpha value is -4.05. The number of carbonyl (C=O) groups excluding carboxylic acids is 2. The third kappa shape index (κ3) is 6.39. The normalized spacial score (nSPS) is 11.0. The topological polar surface area (TPSA) is 102 Å². The maximum Gasteiger partial charge on any atom is 0.264 e. The molecular weight excluding hydrogens is 575 g/mol. The molecule has 1 N–H and O–H groups in total. The summed E-state index contributed by atoms with van der Waals surface area (Å²) in [6.45, 7) is -0.611. The predicted molar refractivity (Wildman–Crippen MR) is 155 cm³/mol. The van der Waals surface area contributed by atoms with Crippen molar-refractivity contribution < 1.29 is 27.5 Å². The highest BCUT2D eigenvalue weighted by Crippen LogP contribution is 2.33. The molecule has 0 heterocycles. The molecule has 8 nitrogen and oxygen atoms in total. The lowest BCUT2D eigenvalue weighted by molar-refractivity contribution is -0.114. The Kier molecular flexibility index (Phi) is 8.99. The standard InChI is InChI=1S/C29H24Cl2N2O6S/c1-38-26-15-13-23(17-27(26)39-2)40(36,37)33(22-11-8-20(30)9-12-22)18-28(34)32-25-14-10-21(31)16-24(25)29(35)19-6-4-3-5-7-19/h3-17H,18H2,1-2H3,(H,32,34). The van der Waals surface area contributed by atoms with Gasteiger partial charge in [0.2, 0.25) is 5.91 Å². The van der Waals surface area contributed by atoms with Crippen molar-refractivity contribution >= 4 is 56.3 Å².